The number of nitrogens with one attached hydrogen (secondary N) is 3. The van der Waals surface area contributed by atoms with Gasteiger partial charge in [0.15, 0.2) is 5.82 Å². The van der Waals surface area contributed by atoms with Crippen LogP contribution in [-0.4, -0.2) is 38.3 Å². The van der Waals surface area contributed by atoms with Gasteiger partial charge in [-0.1, -0.05) is 37.3 Å². The largest absolute Gasteiger partial charge is 0.358 e. The second-order valence-electron chi connectivity index (χ2n) is 6.82. The van der Waals surface area contributed by atoms with Crippen LogP contribution in [0.25, 0.3) is 10.9 Å². The van der Waals surface area contributed by atoms with Crippen molar-refractivity contribution in [1.29, 1.82) is 0 Å². The molecule has 8 nitrogen and oxygen atoms in total. The van der Waals surface area contributed by atoms with Crippen LogP contribution in [0.4, 0.5) is 5.82 Å². The summed E-state index contributed by atoms with van der Waals surface area (Å²) in [6.45, 7) is 6.22. The highest BCUT2D eigenvalue weighted by molar-refractivity contribution is 5.91. The first-order valence-corrected chi connectivity index (χ1v) is 8.98. The summed E-state index contributed by atoms with van der Waals surface area (Å²) in [6, 6.07) is 8.14. The standard InChI is InChI=1S/C19H24N6O2/c1-12(2)19(27)22-17-10-25(24-23-17)11-18(26)20-9-8-14-13(3)21-16-7-5-4-6-15(14)16/h4-7,10,12,21H,8-9,11H2,1-3H3,(H,20,26)(H,22,27). The molecular weight excluding hydrogens is 344 g/mol. The van der Waals surface area contributed by atoms with Gasteiger partial charge in [-0.3, -0.25) is 9.59 Å². The fraction of sp³-hybridized carbons (Fsp3) is 0.368. The molecule has 0 aliphatic rings. The van der Waals surface area contributed by atoms with Gasteiger partial charge >= 0.3 is 0 Å². The maximum atomic E-state index is 12.1. The smallest absolute Gasteiger partial charge is 0.241 e. The Kier molecular flexibility index (Phi) is 5.54. The summed E-state index contributed by atoms with van der Waals surface area (Å²) in [7, 11) is 0. The summed E-state index contributed by atoms with van der Waals surface area (Å²) in [4.78, 5) is 27.1. The lowest BCUT2D eigenvalue weighted by Gasteiger charge is -2.06. The second kappa shape index (κ2) is 8.03. The van der Waals surface area contributed by atoms with Gasteiger partial charge in [0, 0.05) is 29.1 Å². The number of benzene rings is 1. The van der Waals surface area contributed by atoms with Crippen molar-refractivity contribution < 1.29 is 9.59 Å². The highest BCUT2D eigenvalue weighted by Crippen LogP contribution is 2.21. The van der Waals surface area contributed by atoms with Gasteiger partial charge in [0.05, 0.1) is 6.20 Å². The van der Waals surface area contributed by atoms with E-state index < -0.39 is 0 Å². The van der Waals surface area contributed by atoms with E-state index in [1.807, 2.05) is 25.1 Å². The van der Waals surface area contributed by atoms with Crippen LogP contribution < -0.4 is 10.6 Å². The van der Waals surface area contributed by atoms with E-state index in [9.17, 15) is 9.59 Å². The van der Waals surface area contributed by atoms with E-state index in [0.717, 1.165) is 17.6 Å². The normalized spacial score (nSPS) is 11.1. The summed E-state index contributed by atoms with van der Waals surface area (Å²) in [5.41, 5.74) is 3.44. The van der Waals surface area contributed by atoms with E-state index >= 15 is 0 Å². The third-order valence-corrected chi connectivity index (χ3v) is 4.34. The molecule has 8 heteroatoms. The van der Waals surface area contributed by atoms with E-state index in [0.29, 0.717) is 12.4 Å². The molecule has 2 amide bonds. The molecule has 0 bridgehead atoms. The van der Waals surface area contributed by atoms with Crippen molar-refractivity contribution >= 4 is 28.5 Å². The zero-order valence-electron chi connectivity index (χ0n) is 15.7. The number of fused-ring (bicyclic) bond motifs is 1. The Labute approximate surface area is 157 Å². The molecule has 3 rings (SSSR count). The van der Waals surface area contributed by atoms with Crippen molar-refractivity contribution in [1.82, 2.24) is 25.3 Å². The number of carbonyl (C=O) groups is 2. The number of amides is 2. The Hall–Kier alpha value is -3.16. The molecule has 0 saturated carbocycles. The fourth-order valence-electron chi connectivity index (χ4n) is 2.89. The summed E-state index contributed by atoms with van der Waals surface area (Å²) >= 11 is 0. The SMILES string of the molecule is Cc1[nH]c2ccccc2c1CCNC(=O)Cn1cc(NC(=O)C(C)C)nn1. The molecule has 0 fully saturated rings. The number of anilines is 1. The van der Waals surface area contributed by atoms with Crippen molar-refractivity contribution in [3.8, 4) is 0 Å². The van der Waals surface area contributed by atoms with Crippen molar-refractivity contribution in [2.45, 2.75) is 33.7 Å². The van der Waals surface area contributed by atoms with Crippen LogP contribution in [0.2, 0.25) is 0 Å². The van der Waals surface area contributed by atoms with Crippen molar-refractivity contribution in [2.75, 3.05) is 11.9 Å². The first kappa shape index (κ1) is 18.6. The minimum absolute atomic E-state index is 0.0530. The van der Waals surface area contributed by atoms with Crippen LogP contribution in [0.5, 0.6) is 0 Å². The van der Waals surface area contributed by atoms with Gasteiger partial charge in [-0.25, -0.2) is 4.68 Å². The maximum absolute atomic E-state index is 12.1. The Morgan fingerprint density at radius 3 is 2.81 bits per heavy atom. The lowest BCUT2D eigenvalue weighted by Crippen LogP contribution is -2.29. The first-order chi connectivity index (χ1) is 12.9. The summed E-state index contributed by atoms with van der Waals surface area (Å²) in [6.07, 6.45) is 2.29. The Morgan fingerprint density at radius 2 is 2.04 bits per heavy atom. The number of para-hydroxylation sites is 1. The quantitative estimate of drug-likeness (QED) is 0.593. The van der Waals surface area contributed by atoms with Gasteiger partial charge in [0.2, 0.25) is 11.8 Å². The Balaban J connectivity index is 1.51. The molecule has 3 N–H and O–H groups in total. The van der Waals surface area contributed by atoms with E-state index in [2.05, 4.69) is 32.0 Å². The van der Waals surface area contributed by atoms with Gasteiger partial charge in [0.25, 0.3) is 0 Å². The molecule has 3 aromatic rings. The molecule has 1 aromatic carbocycles. The van der Waals surface area contributed by atoms with Gasteiger partial charge in [-0.05, 0) is 25.0 Å². The third-order valence-electron chi connectivity index (χ3n) is 4.34. The number of rotatable bonds is 7. The summed E-state index contributed by atoms with van der Waals surface area (Å²) in [5.74, 6) is -0.0953. The highest BCUT2D eigenvalue weighted by Gasteiger charge is 2.12. The minimum atomic E-state index is -0.154. The van der Waals surface area contributed by atoms with Crippen molar-refractivity contribution in [2.24, 2.45) is 5.92 Å². The van der Waals surface area contributed by atoms with Crippen molar-refractivity contribution in [3.05, 3.63) is 41.7 Å². The molecular formula is C19H24N6O2. The number of nitrogens with zero attached hydrogens (tertiary/aromatic N) is 3. The fourth-order valence-corrected chi connectivity index (χ4v) is 2.89. The number of aromatic amines is 1. The number of H-pyrrole nitrogens is 1. The average Bonchev–Trinajstić information content (AvgIpc) is 3.18. The maximum Gasteiger partial charge on any atom is 0.241 e. The molecule has 0 radical (unpaired) electrons. The van der Waals surface area contributed by atoms with Gasteiger partial charge < -0.3 is 15.6 Å². The lowest BCUT2D eigenvalue weighted by molar-refractivity contribution is -0.122. The van der Waals surface area contributed by atoms with Crippen LogP contribution in [0, 0.1) is 12.8 Å². The van der Waals surface area contributed by atoms with Gasteiger partial charge in [-0.2, -0.15) is 0 Å². The number of carbonyl (C=O) groups excluding carboxylic acids is 2. The second-order valence-corrected chi connectivity index (χ2v) is 6.82. The average molecular weight is 368 g/mol. The van der Waals surface area contributed by atoms with Crippen LogP contribution >= 0.6 is 0 Å². The van der Waals surface area contributed by atoms with Gasteiger partial charge in [0.1, 0.15) is 6.54 Å². The zero-order chi connectivity index (χ0) is 19.4. The molecule has 0 unspecified atom stereocenters. The molecule has 0 saturated heterocycles. The minimum Gasteiger partial charge on any atom is -0.358 e. The summed E-state index contributed by atoms with van der Waals surface area (Å²) < 4.78 is 1.40. The molecule has 0 aliphatic heterocycles. The Morgan fingerprint density at radius 1 is 1.26 bits per heavy atom. The number of hydrogen-bond donors (Lipinski definition) is 3. The van der Waals surface area contributed by atoms with E-state index in [-0.39, 0.29) is 24.3 Å². The highest BCUT2D eigenvalue weighted by atomic mass is 16.2. The lowest BCUT2D eigenvalue weighted by atomic mass is 10.1. The molecule has 142 valence electrons. The number of hydrogen-bond acceptors (Lipinski definition) is 4. The molecule has 0 spiro atoms. The van der Waals surface area contributed by atoms with Crippen LogP contribution in [0.15, 0.2) is 30.5 Å². The molecule has 2 aromatic heterocycles. The predicted molar refractivity (Wildman–Crippen MR) is 103 cm³/mol. The topological polar surface area (TPSA) is 105 Å². The number of aryl methyl sites for hydroxylation is 1. The predicted octanol–water partition coefficient (Wildman–Crippen LogP) is 2.02. The Bertz CT molecular complexity index is 956. The molecule has 0 atom stereocenters. The van der Waals surface area contributed by atoms with Crippen molar-refractivity contribution in [3.63, 3.8) is 0 Å². The number of aromatic nitrogens is 4. The molecule has 27 heavy (non-hydrogen) atoms. The van der Waals surface area contributed by atoms with Crippen LogP contribution in [0.1, 0.15) is 25.1 Å². The van der Waals surface area contributed by atoms with E-state index in [4.69, 9.17) is 0 Å². The van der Waals surface area contributed by atoms with E-state index in [1.54, 1.807) is 20.0 Å². The first-order valence-electron chi connectivity index (χ1n) is 8.98. The molecule has 0 aliphatic carbocycles. The van der Waals surface area contributed by atoms with Gasteiger partial charge in [-0.15, -0.1) is 5.10 Å². The third kappa shape index (κ3) is 4.52. The monoisotopic (exact) mass is 368 g/mol. The van der Waals surface area contributed by atoms with E-state index in [1.165, 1.54) is 15.6 Å². The van der Waals surface area contributed by atoms with Crippen LogP contribution in [0.3, 0.4) is 0 Å². The van der Waals surface area contributed by atoms with Crippen LogP contribution in [-0.2, 0) is 22.6 Å². The summed E-state index contributed by atoms with van der Waals surface area (Å²) in [5, 5.41) is 14.5. The molecule has 2 heterocycles. The zero-order valence-corrected chi connectivity index (χ0v) is 15.7.